The van der Waals surface area contributed by atoms with E-state index in [1.807, 2.05) is 68.6 Å². The maximum absolute atomic E-state index is 12.5. The number of hydrogen-bond acceptors (Lipinski definition) is 7. The van der Waals surface area contributed by atoms with Gasteiger partial charge in [0.25, 0.3) is 0 Å². The zero-order valence-electron chi connectivity index (χ0n) is 21.4. The molecule has 3 aromatic rings. The highest BCUT2D eigenvalue weighted by molar-refractivity contribution is 5.88. The molecule has 1 heterocycles. The van der Waals surface area contributed by atoms with Crippen molar-refractivity contribution in [2.45, 2.75) is 37.4 Å². The van der Waals surface area contributed by atoms with Crippen LogP contribution >= 0.6 is 0 Å². The van der Waals surface area contributed by atoms with Crippen molar-refractivity contribution in [1.29, 1.82) is 0 Å². The lowest BCUT2D eigenvalue weighted by Gasteiger charge is -2.43. The summed E-state index contributed by atoms with van der Waals surface area (Å²) in [5, 5.41) is 33.8. The summed E-state index contributed by atoms with van der Waals surface area (Å²) in [5.74, 6) is -5.24. The number of para-hydroxylation sites is 2. The summed E-state index contributed by atoms with van der Waals surface area (Å²) in [4.78, 5) is 45.2. The molecule has 3 aromatic carbocycles. The van der Waals surface area contributed by atoms with E-state index < -0.39 is 42.0 Å². The molecule has 10 nitrogen and oxygen atoms in total. The molecule has 4 rings (SSSR count). The Labute approximate surface area is 224 Å². The Kier molecular flexibility index (Phi) is 8.72. The minimum Gasteiger partial charge on any atom is -0.481 e. The molecule has 10 heteroatoms. The van der Waals surface area contributed by atoms with Crippen LogP contribution in [0.5, 0.6) is 0 Å². The van der Waals surface area contributed by atoms with Gasteiger partial charge >= 0.3 is 23.9 Å². The number of benzene rings is 3. The van der Waals surface area contributed by atoms with E-state index >= 15 is 0 Å². The molecule has 0 amide bonds. The molecule has 0 atom stereocenters. The minimum atomic E-state index is -2.74. The van der Waals surface area contributed by atoms with Gasteiger partial charge in [-0.25, -0.2) is 4.79 Å². The van der Waals surface area contributed by atoms with Gasteiger partial charge in [-0.1, -0.05) is 73.7 Å². The second-order valence-corrected chi connectivity index (χ2v) is 8.95. The highest BCUT2D eigenvalue weighted by Gasteiger charge is 2.47. The largest absolute Gasteiger partial charge is 0.481 e. The Morgan fingerprint density at radius 1 is 0.769 bits per heavy atom. The third-order valence-corrected chi connectivity index (χ3v) is 6.31. The summed E-state index contributed by atoms with van der Waals surface area (Å²) < 4.78 is 6.25. The lowest BCUT2D eigenvalue weighted by atomic mass is 9.76. The molecule has 0 aliphatic carbocycles. The standard InChI is InChI=1S/C23H21NO2.C6H8O7/c1-3-22(25)26-23(17-11-5-4-6-12-17)18-13-7-9-15-20(18)24(2)21-16-10-8-14-19(21)23;7-3(8)1-6(13,5(11)12)2-4(9)10/h4-16H,3H2,1-2H3;13H,1-2H2,(H,7,8)(H,9,10)(H,11,12). The number of aliphatic carboxylic acids is 3. The first-order valence-corrected chi connectivity index (χ1v) is 12.1. The topological polar surface area (TPSA) is 162 Å². The van der Waals surface area contributed by atoms with Crippen LogP contribution in [-0.2, 0) is 29.5 Å². The molecule has 0 unspecified atom stereocenters. The fourth-order valence-electron chi connectivity index (χ4n) is 4.51. The van der Waals surface area contributed by atoms with Crippen molar-refractivity contribution in [1.82, 2.24) is 0 Å². The van der Waals surface area contributed by atoms with Crippen LogP contribution in [0.2, 0.25) is 0 Å². The second-order valence-electron chi connectivity index (χ2n) is 8.95. The quantitative estimate of drug-likeness (QED) is 0.313. The normalized spacial score (nSPS) is 13.2. The number of carbonyl (C=O) groups excluding carboxylic acids is 1. The Bertz CT molecular complexity index is 1310. The van der Waals surface area contributed by atoms with Crippen LogP contribution in [0.3, 0.4) is 0 Å². The Hall–Kier alpha value is -4.70. The van der Waals surface area contributed by atoms with Gasteiger partial charge in [0.05, 0.1) is 12.8 Å². The zero-order valence-corrected chi connectivity index (χ0v) is 21.4. The molecular weight excluding hydrogens is 506 g/mol. The van der Waals surface area contributed by atoms with Gasteiger partial charge in [-0.05, 0) is 12.1 Å². The van der Waals surface area contributed by atoms with Crippen LogP contribution < -0.4 is 4.90 Å². The molecule has 0 fully saturated rings. The first-order chi connectivity index (χ1) is 18.5. The fraction of sp³-hybridized carbons (Fsp3) is 0.241. The number of nitrogens with zero attached hydrogens (tertiary/aromatic N) is 1. The molecule has 1 aliphatic rings. The molecule has 0 aromatic heterocycles. The van der Waals surface area contributed by atoms with Gasteiger partial charge in [-0.15, -0.1) is 0 Å². The van der Waals surface area contributed by atoms with Crippen molar-refractivity contribution in [3.05, 3.63) is 95.6 Å². The van der Waals surface area contributed by atoms with E-state index in [0.717, 1.165) is 28.1 Å². The van der Waals surface area contributed by atoms with Crippen LogP contribution in [-0.4, -0.2) is 57.0 Å². The maximum Gasteiger partial charge on any atom is 0.336 e. The van der Waals surface area contributed by atoms with Crippen LogP contribution in [0, 0.1) is 0 Å². The molecule has 1 aliphatic heterocycles. The summed E-state index contributed by atoms with van der Waals surface area (Å²) in [7, 11) is 2.05. The van der Waals surface area contributed by atoms with Crippen LogP contribution in [0.25, 0.3) is 0 Å². The number of hydrogen-bond donors (Lipinski definition) is 4. The van der Waals surface area contributed by atoms with Crippen molar-refractivity contribution in [2.75, 3.05) is 11.9 Å². The summed E-state index contributed by atoms with van der Waals surface area (Å²) in [6.07, 6.45) is -1.96. The van der Waals surface area contributed by atoms with Gasteiger partial charge in [-0.2, -0.15) is 0 Å². The van der Waals surface area contributed by atoms with Crippen LogP contribution in [0.1, 0.15) is 42.9 Å². The maximum atomic E-state index is 12.5. The van der Waals surface area contributed by atoms with Gasteiger partial charge in [0.1, 0.15) is 0 Å². The zero-order chi connectivity index (χ0) is 28.8. The predicted octanol–water partition coefficient (Wildman–Crippen LogP) is 3.76. The number of carboxylic acid groups (broad SMARTS) is 3. The highest BCUT2D eigenvalue weighted by Crippen LogP contribution is 2.52. The van der Waals surface area contributed by atoms with Gasteiger partial charge in [0.15, 0.2) is 11.2 Å². The Balaban J connectivity index is 0.000000276. The highest BCUT2D eigenvalue weighted by atomic mass is 16.6. The van der Waals surface area contributed by atoms with Crippen LogP contribution in [0.15, 0.2) is 78.9 Å². The Morgan fingerprint density at radius 3 is 1.62 bits per heavy atom. The van der Waals surface area contributed by atoms with Crippen LogP contribution in [0.4, 0.5) is 11.4 Å². The summed E-state index contributed by atoms with van der Waals surface area (Å²) in [5.41, 5.74) is 1.31. The van der Waals surface area contributed by atoms with Crippen molar-refractivity contribution in [3.8, 4) is 0 Å². The predicted molar refractivity (Wildman–Crippen MR) is 141 cm³/mol. The van der Waals surface area contributed by atoms with Gasteiger partial charge in [0.2, 0.25) is 0 Å². The van der Waals surface area contributed by atoms with E-state index in [1.165, 1.54) is 0 Å². The molecule has 0 saturated heterocycles. The fourth-order valence-corrected chi connectivity index (χ4v) is 4.51. The Morgan fingerprint density at radius 2 is 1.21 bits per heavy atom. The number of anilines is 2. The SMILES string of the molecule is CCC(=O)OC1(c2ccccc2)c2ccccc2N(C)c2ccccc21.O=C(O)CC(O)(CC(=O)O)C(=O)O. The number of carbonyl (C=O) groups is 4. The monoisotopic (exact) mass is 535 g/mol. The minimum absolute atomic E-state index is 0.219. The number of rotatable bonds is 8. The molecule has 204 valence electrons. The van der Waals surface area contributed by atoms with E-state index in [9.17, 15) is 19.2 Å². The van der Waals surface area contributed by atoms with Crippen molar-refractivity contribution in [2.24, 2.45) is 0 Å². The van der Waals surface area contributed by atoms with Gasteiger partial charge < -0.3 is 30.1 Å². The van der Waals surface area contributed by atoms with Crippen molar-refractivity contribution in [3.63, 3.8) is 0 Å². The van der Waals surface area contributed by atoms with Gasteiger partial charge in [0, 0.05) is 41.5 Å². The summed E-state index contributed by atoms with van der Waals surface area (Å²) in [6, 6.07) is 26.3. The molecule has 0 bridgehead atoms. The lowest BCUT2D eigenvalue weighted by molar-refractivity contribution is -0.170. The number of aliphatic hydroxyl groups is 1. The molecule has 0 saturated carbocycles. The second kappa shape index (κ2) is 11.8. The third kappa shape index (κ3) is 5.91. The number of carboxylic acids is 3. The average Bonchev–Trinajstić information content (AvgIpc) is 2.91. The van der Waals surface area contributed by atoms with Gasteiger partial charge in [-0.3, -0.25) is 14.4 Å². The molecule has 0 radical (unpaired) electrons. The molecular formula is C29H29NO9. The molecule has 39 heavy (non-hydrogen) atoms. The molecule has 0 spiro atoms. The average molecular weight is 536 g/mol. The van der Waals surface area contributed by atoms with E-state index in [-0.39, 0.29) is 5.97 Å². The summed E-state index contributed by atoms with van der Waals surface area (Å²) >= 11 is 0. The van der Waals surface area contributed by atoms with E-state index in [0.29, 0.717) is 6.42 Å². The molecule has 4 N–H and O–H groups in total. The summed E-state index contributed by atoms with van der Waals surface area (Å²) in [6.45, 7) is 1.83. The number of esters is 1. The lowest BCUT2D eigenvalue weighted by Crippen LogP contribution is -2.42. The van der Waals surface area contributed by atoms with E-state index in [2.05, 4.69) is 29.2 Å². The number of ether oxygens (including phenoxy) is 1. The van der Waals surface area contributed by atoms with E-state index in [4.69, 9.17) is 25.2 Å². The third-order valence-electron chi connectivity index (χ3n) is 6.31. The first kappa shape index (κ1) is 28.9. The van der Waals surface area contributed by atoms with Crippen molar-refractivity contribution >= 4 is 35.3 Å². The van der Waals surface area contributed by atoms with Crippen molar-refractivity contribution < 1.29 is 44.3 Å². The number of fused-ring (bicyclic) bond motifs is 2. The van der Waals surface area contributed by atoms with E-state index in [1.54, 1.807) is 0 Å². The first-order valence-electron chi connectivity index (χ1n) is 12.1. The smallest absolute Gasteiger partial charge is 0.336 e.